The summed E-state index contributed by atoms with van der Waals surface area (Å²) in [6.07, 6.45) is 1.95. The summed E-state index contributed by atoms with van der Waals surface area (Å²) in [5.74, 6) is 0.561. The maximum Gasteiger partial charge on any atom is 0.293 e. The van der Waals surface area contributed by atoms with Crippen LogP contribution in [0.5, 0.6) is 5.75 Å². The van der Waals surface area contributed by atoms with Gasteiger partial charge in [-0.1, -0.05) is 6.07 Å². The van der Waals surface area contributed by atoms with Crippen molar-refractivity contribution in [3.8, 4) is 5.75 Å². The van der Waals surface area contributed by atoms with Crippen LogP contribution in [0, 0.1) is 10.1 Å². The standard InChI is InChI=1S/C21H24N4O4/c1-29-18-4-2-3-17(14-18)23-9-11-24(12-10-23)19-8-5-15(13-20(19)25(27)28)21(26)22-16-6-7-16/h2-5,8,13-14,16H,6-7,9-12H2,1H3,(H,22,26). The average molecular weight is 396 g/mol. The van der Waals surface area contributed by atoms with Gasteiger partial charge >= 0.3 is 0 Å². The summed E-state index contributed by atoms with van der Waals surface area (Å²) in [6, 6.07) is 12.9. The van der Waals surface area contributed by atoms with Crippen LogP contribution >= 0.6 is 0 Å². The van der Waals surface area contributed by atoms with Crippen LogP contribution in [0.2, 0.25) is 0 Å². The van der Waals surface area contributed by atoms with Crippen molar-refractivity contribution in [2.24, 2.45) is 0 Å². The number of nitrogens with one attached hydrogen (secondary N) is 1. The van der Waals surface area contributed by atoms with E-state index in [2.05, 4.69) is 10.2 Å². The quantitative estimate of drug-likeness (QED) is 0.597. The molecule has 2 aromatic rings. The van der Waals surface area contributed by atoms with Crippen LogP contribution in [0.1, 0.15) is 23.2 Å². The van der Waals surface area contributed by atoms with Crippen molar-refractivity contribution >= 4 is 23.0 Å². The summed E-state index contributed by atoms with van der Waals surface area (Å²) >= 11 is 0. The van der Waals surface area contributed by atoms with E-state index in [-0.39, 0.29) is 17.6 Å². The zero-order chi connectivity index (χ0) is 20.4. The number of anilines is 2. The molecule has 1 aliphatic carbocycles. The summed E-state index contributed by atoms with van der Waals surface area (Å²) in [5, 5.41) is 14.5. The fraction of sp³-hybridized carbons (Fsp3) is 0.381. The molecule has 0 aromatic heterocycles. The number of piperazine rings is 1. The van der Waals surface area contributed by atoms with Crippen molar-refractivity contribution in [3.63, 3.8) is 0 Å². The van der Waals surface area contributed by atoms with Crippen LogP contribution in [-0.2, 0) is 0 Å². The fourth-order valence-corrected chi connectivity index (χ4v) is 3.59. The van der Waals surface area contributed by atoms with Gasteiger partial charge in [0.15, 0.2) is 0 Å². The molecule has 0 radical (unpaired) electrons. The van der Waals surface area contributed by atoms with Crippen molar-refractivity contribution < 1.29 is 14.5 Å². The van der Waals surface area contributed by atoms with Gasteiger partial charge in [-0.05, 0) is 37.1 Å². The van der Waals surface area contributed by atoms with Crippen LogP contribution < -0.4 is 19.9 Å². The van der Waals surface area contributed by atoms with Crippen molar-refractivity contribution in [2.75, 3.05) is 43.1 Å². The zero-order valence-corrected chi connectivity index (χ0v) is 16.3. The van der Waals surface area contributed by atoms with Crippen molar-refractivity contribution in [1.82, 2.24) is 5.32 Å². The lowest BCUT2D eigenvalue weighted by atomic mass is 10.1. The summed E-state index contributed by atoms with van der Waals surface area (Å²) < 4.78 is 5.29. The van der Waals surface area contributed by atoms with Crippen molar-refractivity contribution in [3.05, 3.63) is 58.1 Å². The fourth-order valence-electron chi connectivity index (χ4n) is 3.59. The lowest BCUT2D eigenvalue weighted by Crippen LogP contribution is -2.46. The minimum atomic E-state index is -0.405. The maximum absolute atomic E-state index is 12.2. The van der Waals surface area contributed by atoms with Crippen LogP contribution in [-0.4, -0.2) is 50.2 Å². The molecule has 1 aliphatic heterocycles. The molecule has 1 heterocycles. The van der Waals surface area contributed by atoms with E-state index in [1.807, 2.05) is 29.2 Å². The molecule has 152 valence electrons. The minimum absolute atomic E-state index is 0.0247. The van der Waals surface area contributed by atoms with Crippen LogP contribution in [0.15, 0.2) is 42.5 Å². The van der Waals surface area contributed by atoms with Gasteiger partial charge in [0.05, 0.1) is 12.0 Å². The molecule has 1 N–H and O–H groups in total. The van der Waals surface area contributed by atoms with Gasteiger partial charge in [0.25, 0.3) is 11.6 Å². The Bertz CT molecular complexity index is 921. The van der Waals surface area contributed by atoms with E-state index in [0.717, 1.165) is 37.4 Å². The van der Waals surface area contributed by atoms with E-state index >= 15 is 0 Å². The molecule has 0 unspecified atom stereocenters. The highest BCUT2D eigenvalue weighted by molar-refractivity contribution is 5.96. The molecule has 2 aromatic carbocycles. The number of rotatable bonds is 6. The number of carbonyl (C=O) groups excluding carboxylic acids is 1. The number of ether oxygens (including phenoxy) is 1. The maximum atomic E-state index is 12.2. The highest BCUT2D eigenvalue weighted by Gasteiger charge is 2.27. The predicted molar refractivity (Wildman–Crippen MR) is 111 cm³/mol. The molecule has 1 amide bonds. The Morgan fingerprint density at radius 1 is 1.10 bits per heavy atom. The normalized spacial score (nSPS) is 16.4. The van der Waals surface area contributed by atoms with Gasteiger partial charge in [0.1, 0.15) is 11.4 Å². The van der Waals surface area contributed by atoms with Crippen molar-refractivity contribution in [2.45, 2.75) is 18.9 Å². The van der Waals surface area contributed by atoms with E-state index in [4.69, 9.17) is 4.74 Å². The summed E-state index contributed by atoms with van der Waals surface area (Å²) in [6.45, 7) is 2.81. The first kappa shape index (κ1) is 19.0. The Balaban J connectivity index is 1.48. The largest absolute Gasteiger partial charge is 0.497 e. The lowest BCUT2D eigenvalue weighted by molar-refractivity contribution is -0.384. The van der Waals surface area contributed by atoms with Crippen molar-refractivity contribution in [1.29, 1.82) is 0 Å². The van der Waals surface area contributed by atoms with Gasteiger partial charge in [0, 0.05) is 55.6 Å². The van der Waals surface area contributed by atoms with E-state index < -0.39 is 4.92 Å². The molecule has 8 nitrogen and oxygen atoms in total. The van der Waals surface area contributed by atoms with Crippen LogP contribution in [0.3, 0.4) is 0 Å². The number of methoxy groups -OCH3 is 1. The first-order chi connectivity index (χ1) is 14.0. The highest BCUT2D eigenvalue weighted by Crippen LogP contribution is 2.31. The van der Waals surface area contributed by atoms with Gasteiger partial charge in [-0.25, -0.2) is 0 Å². The van der Waals surface area contributed by atoms with Gasteiger partial charge in [0.2, 0.25) is 0 Å². The molecule has 8 heteroatoms. The van der Waals surface area contributed by atoms with Gasteiger partial charge in [-0.3, -0.25) is 14.9 Å². The smallest absolute Gasteiger partial charge is 0.293 e. The number of nitro groups is 1. The summed E-state index contributed by atoms with van der Waals surface area (Å²) in [7, 11) is 1.64. The third-order valence-corrected chi connectivity index (χ3v) is 5.39. The number of hydrogen-bond acceptors (Lipinski definition) is 6. The Labute approximate surface area is 169 Å². The Hall–Kier alpha value is -3.29. The second-order valence-corrected chi connectivity index (χ2v) is 7.38. The predicted octanol–water partition coefficient (Wildman–Crippen LogP) is 2.82. The second-order valence-electron chi connectivity index (χ2n) is 7.38. The Morgan fingerprint density at radius 3 is 2.48 bits per heavy atom. The molecule has 0 spiro atoms. The second kappa shape index (κ2) is 7.98. The van der Waals surface area contributed by atoms with E-state index in [1.54, 1.807) is 19.2 Å². The molecule has 0 atom stereocenters. The third kappa shape index (κ3) is 4.26. The molecule has 1 saturated carbocycles. The molecule has 0 bridgehead atoms. The molecule has 4 rings (SSSR count). The first-order valence-electron chi connectivity index (χ1n) is 9.78. The number of amides is 1. The van der Waals surface area contributed by atoms with Gasteiger partial charge < -0.3 is 19.9 Å². The van der Waals surface area contributed by atoms with Crippen LogP contribution in [0.4, 0.5) is 17.1 Å². The minimum Gasteiger partial charge on any atom is -0.497 e. The first-order valence-corrected chi connectivity index (χ1v) is 9.78. The van der Waals surface area contributed by atoms with Gasteiger partial charge in [-0.15, -0.1) is 0 Å². The molecule has 29 heavy (non-hydrogen) atoms. The number of benzene rings is 2. The van der Waals surface area contributed by atoms with E-state index in [0.29, 0.717) is 24.3 Å². The lowest BCUT2D eigenvalue weighted by Gasteiger charge is -2.37. The zero-order valence-electron chi connectivity index (χ0n) is 16.3. The van der Waals surface area contributed by atoms with Gasteiger partial charge in [-0.2, -0.15) is 0 Å². The highest BCUT2D eigenvalue weighted by atomic mass is 16.6. The monoisotopic (exact) mass is 396 g/mol. The summed E-state index contributed by atoms with van der Waals surface area (Å²) in [4.78, 5) is 27.7. The van der Waals surface area contributed by atoms with Crippen LogP contribution in [0.25, 0.3) is 0 Å². The number of hydrogen-bond donors (Lipinski definition) is 1. The Kier molecular flexibility index (Phi) is 5.24. The molecular formula is C21H24N4O4. The molecule has 1 saturated heterocycles. The van der Waals surface area contributed by atoms with E-state index in [9.17, 15) is 14.9 Å². The van der Waals surface area contributed by atoms with E-state index in [1.165, 1.54) is 6.07 Å². The number of nitro benzene ring substituents is 1. The number of carbonyl (C=O) groups is 1. The summed E-state index contributed by atoms with van der Waals surface area (Å²) in [5.41, 5.74) is 1.94. The Morgan fingerprint density at radius 2 is 1.83 bits per heavy atom. The average Bonchev–Trinajstić information content (AvgIpc) is 3.57. The topological polar surface area (TPSA) is 88.0 Å². The SMILES string of the molecule is COc1cccc(N2CCN(c3ccc(C(=O)NC4CC4)cc3[N+](=O)[O-])CC2)c1. The third-order valence-electron chi connectivity index (χ3n) is 5.39. The molecule has 2 aliphatic rings. The number of nitrogens with zero attached hydrogens (tertiary/aromatic N) is 3. The molecule has 2 fully saturated rings. The molecular weight excluding hydrogens is 372 g/mol.